The Hall–Kier alpha value is 0.137. The molecule has 0 aromatic carbocycles. The van der Waals surface area contributed by atoms with Crippen LogP contribution in [-0.2, 0) is 0 Å². The van der Waals surface area contributed by atoms with Gasteiger partial charge in [-0.3, -0.25) is 0 Å². The molecule has 60 valence electrons. The molecule has 0 spiro atoms. The largest absolute Gasteiger partial charge is 0.392 e. The molecule has 1 saturated heterocycles. The highest BCUT2D eigenvalue weighted by Gasteiger charge is 2.35. The summed E-state index contributed by atoms with van der Waals surface area (Å²) in [4.78, 5) is 0. The Morgan fingerprint density at radius 1 is 1.40 bits per heavy atom. The second-order valence-electron chi connectivity index (χ2n) is 4.15. The van der Waals surface area contributed by atoms with Crippen LogP contribution in [0.3, 0.4) is 0 Å². The lowest BCUT2D eigenvalue weighted by Crippen LogP contribution is -2.50. The molecule has 1 unspecified atom stereocenters. The van der Waals surface area contributed by atoms with Crippen LogP contribution in [0.5, 0.6) is 0 Å². The highest BCUT2D eigenvalue weighted by Crippen LogP contribution is 2.17. The average molecular weight is 159 g/mol. The molecule has 2 nitrogen and oxygen atoms in total. The van der Waals surface area contributed by atoms with Crippen LogP contribution < -0.4 is 5.32 Å². The Balaban J connectivity index is 2.55. The summed E-state index contributed by atoms with van der Waals surface area (Å²) in [6.07, 6.45) is 0.862. The van der Waals surface area contributed by atoms with Gasteiger partial charge in [0.25, 0.3) is 0 Å². The second-order valence-corrected chi connectivity index (χ2v) is 9.51. The number of rotatable bonds is 1. The third-order valence-electron chi connectivity index (χ3n) is 2.12. The molecule has 1 aliphatic heterocycles. The van der Waals surface area contributed by atoms with Crippen molar-refractivity contribution in [2.45, 2.75) is 37.8 Å². The van der Waals surface area contributed by atoms with E-state index in [9.17, 15) is 5.11 Å². The molecule has 1 fully saturated rings. The molecule has 2 N–H and O–H groups in total. The van der Waals surface area contributed by atoms with E-state index in [4.69, 9.17) is 0 Å². The summed E-state index contributed by atoms with van der Waals surface area (Å²) in [6.45, 7) is 7.87. The van der Waals surface area contributed by atoms with E-state index in [2.05, 4.69) is 25.0 Å². The number of aliphatic hydroxyl groups is 1. The molecule has 1 aliphatic rings. The Bertz CT molecular complexity index is 121. The van der Waals surface area contributed by atoms with E-state index in [-0.39, 0.29) is 6.10 Å². The molecule has 10 heavy (non-hydrogen) atoms. The maximum absolute atomic E-state index is 9.50. The minimum atomic E-state index is -1.15. The summed E-state index contributed by atoms with van der Waals surface area (Å²) in [5, 5.41) is 12.9. The predicted octanol–water partition coefficient (Wildman–Crippen LogP) is 0.587. The van der Waals surface area contributed by atoms with Gasteiger partial charge in [0.1, 0.15) is 0 Å². The summed E-state index contributed by atoms with van der Waals surface area (Å²) < 4.78 is 0. The van der Waals surface area contributed by atoms with Crippen molar-refractivity contribution >= 4 is 8.07 Å². The topological polar surface area (TPSA) is 32.3 Å². The number of nitrogens with one attached hydrogen (secondary N) is 1. The first-order chi connectivity index (χ1) is 4.52. The molecule has 0 aromatic rings. The zero-order valence-corrected chi connectivity index (χ0v) is 8.02. The lowest BCUT2D eigenvalue weighted by Gasteiger charge is -2.27. The summed E-state index contributed by atoms with van der Waals surface area (Å²) >= 11 is 0. The normalized spacial score (nSPS) is 34.8. The first-order valence-electron chi connectivity index (χ1n) is 3.93. The van der Waals surface area contributed by atoms with Crippen LogP contribution in [0.2, 0.25) is 19.6 Å². The summed E-state index contributed by atoms with van der Waals surface area (Å²) in [7, 11) is -1.15. The fraction of sp³-hybridized carbons (Fsp3) is 1.00. The lowest BCUT2D eigenvalue weighted by molar-refractivity contribution is 0.181. The van der Waals surface area contributed by atoms with Crippen molar-refractivity contribution in [3.63, 3.8) is 0 Å². The first-order valence-corrected chi connectivity index (χ1v) is 7.51. The zero-order valence-electron chi connectivity index (χ0n) is 7.02. The van der Waals surface area contributed by atoms with Crippen molar-refractivity contribution < 1.29 is 5.11 Å². The number of hydrogen-bond acceptors (Lipinski definition) is 2. The molecule has 0 aromatic heterocycles. The van der Waals surface area contributed by atoms with Crippen LogP contribution in [0.4, 0.5) is 0 Å². The highest BCUT2D eigenvalue weighted by molar-refractivity contribution is 6.77. The van der Waals surface area contributed by atoms with Crippen molar-refractivity contribution in [3.8, 4) is 0 Å². The molecular formula is C7H17NOSi. The van der Waals surface area contributed by atoms with Gasteiger partial charge in [-0.1, -0.05) is 19.6 Å². The standard InChI is InChI=1S/C7H17NOSi/c1-10(2,3)7-6(9)4-5-8-7/h6-9H,4-5H2,1-3H3/t6-,7?/m1/s1. The van der Waals surface area contributed by atoms with Crippen molar-refractivity contribution in [2.24, 2.45) is 0 Å². The van der Waals surface area contributed by atoms with Crippen LogP contribution in [-0.4, -0.2) is 31.5 Å². The first kappa shape index (κ1) is 8.24. The van der Waals surface area contributed by atoms with Gasteiger partial charge in [0, 0.05) is 5.67 Å². The molecule has 0 saturated carbocycles. The van der Waals surface area contributed by atoms with Crippen molar-refractivity contribution in [1.82, 2.24) is 5.32 Å². The van der Waals surface area contributed by atoms with E-state index >= 15 is 0 Å². The predicted molar refractivity (Wildman–Crippen MR) is 45.8 cm³/mol. The van der Waals surface area contributed by atoms with Crippen LogP contribution in [0, 0.1) is 0 Å². The Morgan fingerprint density at radius 3 is 2.20 bits per heavy atom. The molecule has 1 rings (SSSR count). The average Bonchev–Trinajstić information content (AvgIpc) is 2.11. The third-order valence-corrected chi connectivity index (χ3v) is 4.58. The Labute approximate surface area is 63.6 Å². The molecule has 1 heterocycles. The highest BCUT2D eigenvalue weighted by atomic mass is 28.3. The van der Waals surface area contributed by atoms with Crippen LogP contribution in [0.15, 0.2) is 0 Å². The molecule has 2 atom stereocenters. The Kier molecular flexibility index (Phi) is 2.17. The van der Waals surface area contributed by atoms with Gasteiger partial charge in [-0.05, 0) is 13.0 Å². The van der Waals surface area contributed by atoms with Gasteiger partial charge >= 0.3 is 0 Å². The third kappa shape index (κ3) is 1.59. The zero-order chi connectivity index (χ0) is 7.78. The van der Waals surface area contributed by atoms with Gasteiger partial charge in [-0.2, -0.15) is 0 Å². The van der Waals surface area contributed by atoms with Crippen LogP contribution in [0.25, 0.3) is 0 Å². The maximum atomic E-state index is 9.50. The van der Waals surface area contributed by atoms with Gasteiger partial charge in [-0.15, -0.1) is 0 Å². The van der Waals surface area contributed by atoms with Crippen molar-refractivity contribution in [2.75, 3.05) is 6.54 Å². The van der Waals surface area contributed by atoms with Gasteiger partial charge < -0.3 is 10.4 Å². The minimum absolute atomic E-state index is 0.0772. The van der Waals surface area contributed by atoms with Gasteiger partial charge in [0.15, 0.2) is 0 Å². The van der Waals surface area contributed by atoms with E-state index in [1.165, 1.54) is 0 Å². The SMILES string of the molecule is C[Si](C)(C)C1NCC[C@H]1O. The summed E-state index contributed by atoms with van der Waals surface area (Å²) in [6, 6.07) is 0. The molecule has 3 heteroatoms. The van der Waals surface area contributed by atoms with Crippen molar-refractivity contribution in [3.05, 3.63) is 0 Å². The molecular weight excluding hydrogens is 142 g/mol. The van der Waals surface area contributed by atoms with Gasteiger partial charge in [0.2, 0.25) is 0 Å². The molecule has 0 bridgehead atoms. The summed E-state index contributed by atoms with van der Waals surface area (Å²) in [5.74, 6) is 0. The number of hydrogen-bond donors (Lipinski definition) is 2. The molecule has 0 amide bonds. The van der Waals surface area contributed by atoms with E-state index in [0.29, 0.717) is 5.67 Å². The van der Waals surface area contributed by atoms with Gasteiger partial charge in [-0.25, -0.2) is 0 Å². The monoisotopic (exact) mass is 159 g/mol. The molecule has 0 aliphatic carbocycles. The smallest absolute Gasteiger partial charge is 0.0678 e. The van der Waals surface area contributed by atoms with Gasteiger partial charge in [0.05, 0.1) is 14.2 Å². The fourth-order valence-corrected chi connectivity index (χ4v) is 3.65. The van der Waals surface area contributed by atoms with E-state index in [0.717, 1.165) is 13.0 Å². The summed E-state index contributed by atoms with van der Waals surface area (Å²) in [5.41, 5.74) is 0.424. The Morgan fingerprint density at radius 2 is 2.00 bits per heavy atom. The quantitative estimate of drug-likeness (QED) is 0.549. The minimum Gasteiger partial charge on any atom is -0.392 e. The number of aliphatic hydroxyl groups excluding tert-OH is 1. The molecule has 0 radical (unpaired) electrons. The van der Waals surface area contributed by atoms with E-state index in [1.54, 1.807) is 0 Å². The van der Waals surface area contributed by atoms with E-state index < -0.39 is 8.07 Å². The van der Waals surface area contributed by atoms with E-state index in [1.807, 2.05) is 0 Å². The van der Waals surface area contributed by atoms with Crippen LogP contribution >= 0.6 is 0 Å². The van der Waals surface area contributed by atoms with Crippen molar-refractivity contribution in [1.29, 1.82) is 0 Å². The fourth-order valence-electron chi connectivity index (χ4n) is 1.57. The lowest BCUT2D eigenvalue weighted by atomic mass is 10.3. The van der Waals surface area contributed by atoms with Crippen LogP contribution in [0.1, 0.15) is 6.42 Å². The second kappa shape index (κ2) is 2.64. The maximum Gasteiger partial charge on any atom is 0.0678 e.